The van der Waals surface area contributed by atoms with Gasteiger partial charge in [-0.15, -0.1) is 5.10 Å². The van der Waals surface area contributed by atoms with Crippen LogP contribution in [0, 0.1) is 0 Å². The van der Waals surface area contributed by atoms with Gasteiger partial charge >= 0.3 is 0 Å². The summed E-state index contributed by atoms with van der Waals surface area (Å²) in [7, 11) is 1.59. The molecule has 0 N–H and O–H groups in total. The van der Waals surface area contributed by atoms with Gasteiger partial charge in [-0.3, -0.25) is 9.59 Å². The Morgan fingerprint density at radius 3 is 2.34 bits per heavy atom. The van der Waals surface area contributed by atoms with E-state index >= 15 is 0 Å². The van der Waals surface area contributed by atoms with Crippen LogP contribution in [0.4, 0.5) is 5.82 Å². The van der Waals surface area contributed by atoms with Crippen LogP contribution >= 0.6 is 0 Å². The SMILES string of the molecule is COc1cccc(C(=O)N2CCN(c3ccc(=O)n(-c4ccc(C(C)C)cc4)n3)CC2)c1. The van der Waals surface area contributed by atoms with Crippen LogP contribution in [0.3, 0.4) is 0 Å². The van der Waals surface area contributed by atoms with Crippen molar-refractivity contribution in [1.82, 2.24) is 14.7 Å². The number of ether oxygens (including phenoxy) is 1. The summed E-state index contributed by atoms with van der Waals surface area (Å²) in [4.78, 5) is 29.2. The highest BCUT2D eigenvalue weighted by Gasteiger charge is 2.23. The number of hydrogen-bond donors (Lipinski definition) is 0. The third kappa shape index (κ3) is 4.51. The lowest BCUT2D eigenvalue weighted by atomic mass is 10.0. The van der Waals surface area contributed by atoms with E-state index in [0.717, 1.165) is 11.5 Å². The van der Waals surface area contributed by atoms with Crippen molar-refractivity contribution in [3.05, 3.63) is 82.1 Å². The second-order valence-electron chi connectivity index (χ2n) is 8.20. The van der Waals surface area contributed by atoms with Gasteiger partial charge in [-0.25, -0.2) is 0 Å². The molecule has 0 radical (unpaired) electrons. The summed E-state index contributed by atoms with van der Waals surface area (Å²) in [6.45, 7) is 6.73. The fourth-order valence-electron chi connectivity index (χ4n) is 3.83. The number of carbonyl (C=O) groups is 1. The van der Waals surface area contributed by atoms with Crippen molar-refractivity contribution in [2.75, 3.05) is 38.2 Å². The van der Waals surface area contributed by atoms with Gasteiger partial charge in [-0.05, 0) is 47.9 Å². The molecule has 1 saturated heterocycles. The number of carbonyl (C=O) groups excluding carboxylic acids is 1. The minimum Gasteiger partial charge on any atom is -0.497 e. The van der Waals surface area contributed by atoms with Crippen LogP contribution in [0.25, 0.3) is 5.69 Å². The largest absolute Gasteiger partial charge is 0.497 e. The molecule has 4 rings (SSSR count). The third-order valence-corrected chi connectivity index (χ3v) is 5.80. The van der Waals surface area contributed by atoms with Crippen LogP contribution in [-0.4, -0.2) is 53.9 Å². The molecule has 7 nitrogen and oxygen atoms in total. The maximum Gasteiger partial charge on any atom is 0.271 e. The molecule has 0 saturated carbocycles. The molecule has 1 aromatic heterocycles. The summed E-state index contributed by atoms with van der Waals surface area (Å²) < 4.78 is 6.67. The number of anilines is 1. The van der Waals surface area contributed by atoms with Gasteiger partial charge in [0.15, 0.2) is 0 Å². The summed E-state index contributed by atoms with van der Waals surface area (Å²) in [5.41, 5.74) is 2.41. The van der Waals surface area contributed by atoms with Gasteiger partial charge < -0.3 is 14.5 Å². The molecule has 0 aliphatic carbocycles. The highest BCUT2D eigenvalue weighted by Crippen LogP contribution is 2.19. The van der Waals surface area contributed by atoms with Crippen molar-refractivity contribution in [3.8, 4) is 11.4 Å². The molecule has 0 spiro atoms. The average Bonchev–Trinajstić information content (AvgIpc) is 2.84. The summed E-state index contributed by atoms with van der Waals surface area (Å²) in [5.74, 6) is 1.82. The first-order chi connectivity index (χ1) is 15.5. The number of amides is 1. The van der Waals surface area contributed by atoms with Crippen molar-refractivity contribution in [2.24, 2.45) is 0 Å². The second-order valence-corrected chi connectivity index (χ2v) is 8.20. The molecule has 0 bridgehead atoms. The van der Waals surface area contributed by atoms with Gasteiger partial charge in [0.05, 0.1) is 12.8 Å². The van der Waals surface area contributed by atoms with Crippen LogP contribution in [0.1, 0.15) is 35.7 Å². The predicted molar refractivity (Wildman–Crippen MR) is 125 cm³/mol. The first kappa shape index (κ1) is 21.6. The second kappa shape index (κ2) is 9.26. The minimum atomic E-state index is -0.169. The van der Waals surface area contributed by atoms with Crippen LogP contribution < -0.4 is 15.2 Å². The normalized spacial score (nSPS) is 14.0. The summed E-state index contributed by atoms with van der Waals surface area (Å²) in [5, 5.41) is 4.60. The third-order valence-electron chi connectivity index (χ3n) is 5.80. The lowest BCUT2D eigenvalue weighted by molar-refractivity contribution is 0.0746. The van der Waals surface area contributed by atoms with Gasteiger partial charge in [-0.2, -0.15) is 4.68 Å². The fourth-order valence-corrected chi connectivity index (χ4v) is 3.83. The van der Waals surface area contributed by atoms with E-state index in [1.807, 2.05) is 41.3 Å². The molecule has 1 aliphatic rings. The Balaban J connectivity index is 1.47. The van der Waals surface area contributed by atoms with Crippen LogP contribution in [0.2, 0.25) is 0 Å². The maximum atomic E-state index is 12.9. The van der Waals surface area contributed by atoms with E-state index in [-0.39, 0.29) is 11.5 Å². The van der Waals surface area contributed by atoms with Gasteiger partial charge in [0.25, 0.3) is 11.5 Å². The first-order valence-corrected chi connectivity index (χ1v) is 10.9. The Labute approximate surface area is 187 Å². The molecule has 3 aromatic rings. The zero-order chi connectivity index (χ0) is 22.7. The van der Waals surface area contributed by atoms with E-state index in [0.29, 0.717) is 43.4 Å². The van der Waals surface area contributed by atoms with Crippen LogP contribution in [-0.2, 0) is 0 Å². The number of rotatable bonds is 5. The zero-order valence-corrected chi connectivity index (χ0v) is 18.7. The highest BCUT2D eigenvalue weighted by atomic mass is 16.5. The fraction of sp³-hybridized carbons (Fsp3) is 0.320. The Bertz CT molecular complexity index is 1150. The Hall–Kier alpha value is -3.61. The molecule has 1 aliphatic heterocycles. The average molecular weight is 433 g/mol. The molecule has 0 unspecified atom stereocenters. The lowest BCUT2D eigenvalue weighted by Gasteiger charge is -2.35. The predicted octanol–water partition coefficient (Wildman–Crippen LogP) is 3.33. The van der Waals surface area contributed by atoms with Crippen molar-refractivity contribution >= 4 is 11.7 Å². The maximum absolute atomic E-state index is 12.9. The summed E-state index contributed by atoms with van der Waals surface area (Å²) in [6, 6.07) is 18.4. The molecular weight excluding hydrogens is 404 g/mol. The molecule has 1 fully saturated rings. The Kier molecular flexibility index (Phi) is 6.25. The van der Waals surface area contributed by atoms with Gasteiger partial charge in [0.2, 0.25) is 0 Å². The van der Waals surface area contributed by atoms with E-state index < -0.39 is 0 Å². The number of hydrogen-bond acceptors (Lipinski definition) is 5. The van der Waals surface area contributed by atoms with Crippen molar-refractivity contribution in [3.63, 3.8) is 0 Å². The highest BCUT2D eigenvalue weighted by molar-refractivity contribution is 5.94. The first-order valence-electron chi connectivity index (χ1n) is 10.9. The van der Waals surface area contributed by atoms with Crippen molar-refractivity contribution < 1.29 is 9.53 Å². The number of benzene rings is 2. The van der Waals surface area contributed by atoms with E-state index in [1.54, 1.807) is 31.4 Å². The molecule has 166 valence electrons. The topological polar surface area (TPSA) is 67.7 Å². The molecular formula is C25H28N4O3. The molecule has 2 aromatic carbocycles. The molecule has 7 heteroatoms. The monoisotopic (exact) mass is 432 g/mol. The Morgan fingerprint density at radius 1 is 0.969 bits per heavy atom. The molecule has 2 heterocycles. The zero-order valence-electron chi connectivity index (χ0n) is 18.7. The lowest BCUT2D eigenvalue weighted by Crippen LogP contribution is -2.49. The van der Waals surface area contributed by atoms with Crippen LogP contribution in [0.5, 0.6) is 5.75 Å². The van der Waals surface area contributed by atoms with E-state index in [4.69, 9.17) is 4.74 Å². The minimum absolute atomic E-state index is 0.00767. The van der Waals surface area contributed by atoms with Gasteiger partial charge in [0.1, 0.15) is 11.6 Å². The number of aromatic nitrogens is 2. The Morgan fingerprint density at radius 2 is 1.69 bits per heavy atom. The standard InChI is InChI=1S/C25H28N4O3/c1-18(2)19-7-9-21(10-8-19)29-24(30)12-11-23(26-29)27-13-15-28(16-14-27)25(31)20-5-4-6-22(17-20)32-3/h4-12,17-18H,13-16H2,1-3H3. The number of nitrogens with zero attached hydrogens (tertiary/aromatic N) is 4. The molecule has 32 heavy (non-hydrogen) atoms. The molecule has 0 atom stereocenters. The smallest absolute Gasteiger partial charge is 0.271 e. The van der Waals surface area contributed by atoms with E-state index in [9.17, 15) is 9.59 Å². The van der Waals surface area contributed by atoms with Crippen LogP contribution in [0.15, 0.2) is 65.5 Å². The van der Waals surface area contributed by atoms with Gasteiger partial charge in [-0.1, -0.05) is 32.0 Å². The van der Waals surface area contributed by atoms with Crippen molar-refractivity contribution in [1.29, 1.82) is 0 Å². The summed E-state index contributed by atoms with van der Waals surface area (Å²) >= 11 is 0. The van der Waals surface area contributed by atoms with E-state index in [1.165, 1.54) is 10.2 Å². The summed E-state index contributed by atoms with van der Waals surface area (Å²) in [6.07, 6.45) is 0. The number of methoxy groups -OCH3 is 1. The number of piperazine rings is 1. The van der Waals surface area contributed by atoms with E-state index in [2.05, 4.69) is 23.8 Å². The molecule has 1 amide bonds. The quantitative estimate of drug-likeness (QED) is 0.619. The van der Waals surface area contributed by atoms with Gasteiger partial charge in [0, 0.05) is 37.8 Å². The van der Waals surface area contributed by atoms with Crippen molar-refractivity contribution in [2.45, 2.75) is 19.8 Å².